The molecule has 0 saturated heterocycles. The van der Waals surface area contributed by atoms with E-state index in [9.17, 15) is 4.39 Å². The average molecular weight is 224 g/mol. The predicted octanol–water partition coefficient (Wildman–Crippen LogP) is 2.78. The number of anilines is 1. The summed E-state index contributed by atoms with van der Waals surface area (Å²) in [6.07, 6.45) is 2.06. The Balaban J connectivity index is 2.92. The molecule has 1 unspecified atom stereocenters. The van der Waals surface area contributed by atoms with Gasteiger partial charge in [-0.25, -0.2) is 4.39 Å². The van der Waals surface area contributed by atoms with Gasteiger partial charge in [0, 0.05) is 19.1 Å². The van der Waals surface area contributed by atoms with E-state index in [1.807, 2.05) is 19.1 Å². The van der Waals surface area contributed by atoms with E-state index in [1.165, 1.54) is 6.07 Å². The molecule has 0 bridgehead atoms. The maximum absolute atomic E-state index is 13.7. The van der Waals surface area contributed by atoms with Crippen LogP contribution in [0.3, 0.4) is 0 Å². The second-order valence-corrected chi connectivity index (χ2v) is 3.92. The Hall–Kier alpha value is -1.09. The van der Waals surface area contributed by atoms with Crippen molar-refractivity contribution in [1.82, 2.24) is 0 Å². The first-order chi connectivity index (χ1) is 7.74. The fourth-order valence-corrected chi connectivity index (χ4v) is 2.04. The molecule has 1 aromatic rings. The van der Waals surface area contributed by atoms with Gasteiger partial charge in [-0.1, -0.05) is 25.5 Å². The smallest absolute Gasteiger partial charge is 0.146 e. The minimum Gasteiger partial charge on any atom is -0.365 e. The maximum Gasteiger partial charge on any atom is 0.146 e. The molecule has 1 atom stereocenters. The average Bonchev–Trinajstić information content (AvgIpc) is 2.31. The summed E-state index contributed by atoms with van der Waals surface area (Å²) in [6, 6.07) is 7.12. The van der Waals surface area contributed by atoms with Crippen molar-refractivity contribution >= 4 is 5.69 Å². The zero-order chi connectivity index (χ0) is 12.0. The third-order valence-corrected chi connectivity index (χ3v) is 2.84. The summed E-state index contributed by atoms with van der Waals surface area (Å²) in [7, 11) is 0. The Labute approximate surface area is 97.3 Å². The third-order valence-electron chi connectivity index (χ3n) is 2.84. The number of nitrogens with two attached hydrogens (primary N) is 1. The summed E-state index contributed by atoms with van der Waals surface area (Å²) in [5.41, 5.74) is 6.42. The molecule has 0 amide bonds. The van der Waals surface area contributed by atoms with E-state index in [1.54, 1.807) is 6.07 Å². The molecule has 0 spiro atoms. The molecule has 0 aromatic heterocycles. The highest BCUT2D eigenvalue weighted by atomic mass is 19.1. The summed E-state index contributed by atoms with van der Waals surface area (Å²) in [5.74, 6) is -0.168. The molecule has 0 heterocycles. The number of para-hydroxylation sites is 1. The number of hydrogen-bond donors (Lipinski definition) is 1. The standard InChI is InChI=1S/C13H21FN2/c1-3-7-11(10-15)16(4-2)13-9-6-5-8-12(13)14/h5-6,8-9,11H,3-4,7,10,15H2,1-2H3. The van der Waals surface area contributed by atoms with Crippen molar-refractivity contribution in [3.8, 4) is 0 Å². The van der Waals surface area contributed by atoms with Crippen LogP contribution in [0.25, 0.3) is 0 Å². The van der Waals surface area contributed by atoms with Crippen LogP contribution in [-0.4, -0.2) is 19.1 Å². The normalized spacial score (nSPS) is 12.5. The molecule has 16 heavy (non-hydrogen) atoms. The van der Waals surface area contributed by atoms with Gasteiger partial charge in [0.2, 0.25) is 0 Å². The van der Waals surface area contributed by atoms with Crippen molar-refractivity contribution in [2.45, 2.75) is 32.7 Å². The number of likely N-dealkylation sites (N-methyl/N-ethyl adjacent to an activating group) is 1. The highest BCUT2D eigenvalue weighted by Crippen LogP contribution is 2.22. The molecular formula is C13H21FN2. The summed E-state index contributed by atoms with van der Waals surface area (Å²) in [4.78, 5) is 2.05. The summed E-state index contributed by atoms with van der Waals surface area (Å²) in [6.45, 7) is 5.50. The van der Waals surface area contributed by atoms with Crippen LogP contribution in [0.5, 0.6) is 0 Å². The van der Waals surface area contributed by atoms with Crippen LogP contribution in [0, 0.1) is 5.82 Å². The van der Waals surface area contributed by atoms with Gasteiger partial charge in [-0.2, -0.15) is 0 Å². The highest BCUT2D eigenvalue weighted by Gasteiger charge is 2.17. The minimum atomic E-state index is -0.168. The van der Waals surface area contributed by atoms with E-state index < -0.39 is 0 Å². The van der Waals surface area contributed by atoms with Crippen molar-refractivity contribution in [2.24, 2.45) is 5.73 Å². The van der Waals surface area contributed by atoms with Gasteiger partial charge in [-0.05, 0) is 25.5 Å². The molecule has 90 valence electrons. The first-order valence-corrected chi connectivity index (χ1v) is 5.95. The van der Waals surface area contributed by atoms with Crippen LogP contribution >= 0.6 is 0 Å². The summed E-state index contributed by atoms with van der Waals surface area (Å²) < 4.78 is 13.7. The fourth-order valence-electron chi connectivity index (χ4n) is 2.04. The maximum atomic E-state index is 13.7. The van der Waals surface area contributed by atoms with E-state index in [-0.39, 0.29) is 11.9 Å². The Morgan fingerprint density at radius 2 is 2.00 bits per heavy atom. The molecule has 2 nitrogen and oxygen atoms in total. The van der Waals surface area contributed by atoms with Crippen LogP contribution in [0.1, 0.15) is 26.7 Å². The van der Waals surface area contributed by atoms with Crippen LogP contribution in [-0.2, 0) is 0 Å². The lowest BCUT2D eigenvalue weighted by Gasteiger charge is -2.32. The molecule has 2 N–H and O–H groups in total. The molecule has 0 aliphatic heterocycles. The largest absolute Gasteiger partial charge is 0.365 e. The Morgan fingerprint density at radius 1 is 1.31 bits per heavy atom. The van der Waals surface area contributed by atoms with E-state index in [2.05, 4.69) is 11.8 Å². The van der Waals surface area contributed by atoms with Crippen molar-refractivity contribution < 1.29 is 4.39 Å². The topological polar surface area (TPSA) is 29.3 Å². The molecule has 0 saturated carbocycles. The number of hydrogen-bond acceptors (Lipinski definition) is 2. The summed E-state index contributed by atoms with van der Waals surface area (Å²) >= 11 is 0. The molecule has 1 aromatic carbocycles. The number of benzene rings is 1. The number of rotatable bonds is 6. The highest BCUT2D eigenvalue weighted by molar-refractivity contribution is 5.48. The van der Waals surface area contributed by atoms with Gasteiger partial charge in [0.15, 0.2) is 0 Å². The predicted molar refractivity (Wildman–Crippen MR) is 67.2 cm³/mol. The molecule has 3 heteroatoms. The summed E-state index contributed by atoms with van der Waals surface area (Å²) in [5, 5.41) is 0. The van der Waals surface area contributed by atoms with Gasteiger partial charge in [-0.3, -0.25) is 0 Å². The van der Waals surface area contributed by atoms with Crippen molar-refractivity contribution in [3.05, 3.63) is 30.1 Å². The molecule has 0 aliphatic rings. The lowest BCUT2D eigenvalue weighted by molar-refractivity contribution is 0.540. The second kappa shape index (κ2) is 6.48. The van der Waals surface area contributed by atoms with Crippen LogP contribution in [0.15, 0.2) is 24.3 Å². The van der Waals surface area contributed by atoms with Gasteiger partial charge >= 0.3 is 0 Å². The molecular weight excluding hydrogens is 203 g/mol. The molecule has 0 aliphatic carbocycles. The van der Waals surface area contributed by atoms with Crippen molar-refractivity contribution in [2.75, 3.05) is 18.0 Å². The van der Waals surface area contributed by atoms with E-state index in [0.717, 1.165) is 19.4 Å². The van der Waals surface area contributed by atoms with Gasteiger partial charge in [-0.15, -0.1) is 0 Å². The van der Waals surface area contributed by atoms with Crippen LogP contribution in [0.4, 0.5) is 10.1 Å². The van der Waals surface area contributed by atoms with Gasteiger partial charge in [0.05, 0.1) is 5.69 Å². The third kappa shape index (κ3) is 2.95. The zero-order valence-corrected chi connectivity index (χ0v) is 10.1. The van der Waals surface area contributed by atoms with E-state index in [0.29, 0.717) is 12.2 Å². The Kier molecular flexibility index (Phi) is 5.26. The molecule has 1 rings (SSSR count). The quantitative estimate of drug-likeness (QED) is 0.805. The van der Waals surface area contributed by atoms with Gasteiger partial charge in [0.25, 0.3) is 0 Å². The van der Waals surface area contributed by atoms with Gasteiger partial charge < -0.3 is 10.6 Å². The van der Waals surface area contributed by atoms with Crippen LogP contribution in [0.2, 0.25) is 0 Å². The van der Waals surface area contributed by atoms with E-state index in [4.69, 9.17) is 5.73 Å². The van der Waals surface area contributed by atoms with Crippen molar-refractivity contribution in [3.63, 3.8) is 0 Å². The SMILES string of the molecule is CCCC(CN)N(CC)c1ccccc1F. The number of halogens is 1. The first-order valence-electron chi connectivity index (χ1n) is 5.95. The van der Waals surface area contributed by atoms with Gasteiger partial charge in [0.1, 0.15) is 5.82 Å². The number of nitrogens with zero attached hydrogens (tertiary/aromatic N) is 1. The minimum absolute atomic E-state index is 0.168. The monoisotopic (exact) mass is 224 g/mol. The molecule has 0 radical (unpaired) electrons. The fraction of sp³-hybridized carbons (Fsp3) is 0.538. The first kappa shape index (κ1) is 13.0. The Morgan fingerprint density at radius 3 is 2.50 bits per heavy atom. The lowest BCUT2D eigenvalue weighted by Crippen LogP contribution is -2.41. The molecule has 0 fully saturated rings. The van der Waals surface area contributed by atoms with Crippen molar-refractivity contribution in [1.29, 1.82) is 0 Å². The van der Waals surface area contributed by atoms with Crippen LogP contribution < -0.4 is 10.6 Å². The lowest BCUT2D eigenvalue weighted by atomic mass is 10.1. The van der Waals surface area contributed by atoms with E-state index >= 15 is 0 Å². The Bertz CT molecular complexity index is 315. The zero-order valence-electron chi connectivity index (χ0n) is 10.1. The second-order valence-electron chi connectivity index (χ2n) is 3.92.